The first-order valence-corrected chi connectivity index (χ1v) is 8.37. The van der Waals surface area contributed by atoms with Gasteiger partial charge in [-0.25, -0.2) is 0 Å². The lowest BCUT2D eigenvalue weighted by Crippen LogP contribution is -2.32. The minimum atomic E-state index is 0.951. The van der Waals surface area contributed by atoms with Crippen molar-refractivity contribution in [1.29, 1.82) is 0 Å². The molecule has 0 aliphatic heterocycles. The molecule has 0 heterocycles. The van der Waals surface area contributed by atoms with Crippen LogP contribution in [0.5, 0.6) is 0 Å². The summed E-state index contributed by atoms with van der Waals surface area (Å²) in [5.41, 5.74) is 3.56. The predicted molar refractivity (Wildman–Crippen MR) is 78.6 cm³/mol. The summed E-state index contributed by atoms with van der Waals surface area (Å²) >= 11 is 0. The van der Waals surface area contributed by atoms with E-state index in [9.17, 15) is 0 Å². The van der Waals surface area contributed by atoms with Crippen LogP contribution < -0.4 is 0 Å². The fraction of sp³-hybridized carbons (Fsp3) is 0.778. The summed E-state index contributed by atoms with van der Waals surface area (Å²) in [5, 5.41) is 0. The van der Waals surface area contributed by atoms with Gasteiger partial charge in [-0.1, -0.05) is 50.7 Å². The standard InChI is InChI=1S/C18H28/c1-3-7-11-15-16(12-8-4-1)18-14-10-6-2-5-9-13-17(15)18/h11,13,16,18H,1-10,12,14H2/t16-,18+/m1/s1. The monoisotopic (exact) mass is 244 g/mol. The van der Waals surface area contributed by atoms with Crippen molar-refractivity contribution < 1.29 is 0 Å². The molecular weight excluding hydrogens is 216 g/mol. The Labute approximate surface area is 113 Å². The molecule has 0 amide bonds. The van der Waals surface area contributed by atoms with Gasteiger partial charge in [0.2, 0.25) is 0 Å². The van der Waals surface area contributed by atoms with Crippen molar-refractivity contribution in [3.63, 3.8) is 0 Å². The highest BCUT2D eigenvalue weighted by Gasteiger charge is 2.39. The molecule has 0 nitrogen and oxygen atoms in total. The third kappa shape index (κ3) is 2.58. The molecule has 1 saturated carbocycles. The van der Waals surface area contributed by atoms with Gasteiger partial charge in [0, 0.05) is 0 Å². The zero-order chi connectivity index (χ0) is 12.2. The maximum absolute atomic E-state index is 2.61. The van der Waals surface area contributed by atoms with E-state index in [-0.39, 0.29) is 0 Å². The van der Waals surface area contributed by atoms with E-state index in [1.54, 1.807) is 11.1 Å². The van der Waals surface area contributed by atoms with Crippen LogP contribution >= 0.6 is 0 Å². The lowest BCUT2D eigenvalue weighted by molar-refractivity contribution is 0.307. The van der Waals surface area contributed by atoms with Gasteiger partial charge in [0.05, 0.1) is 0 Å². The molecule has 2 atom stereocenters. The fourth-order valence-corrected chi connectivity index (χ4v) is 4.26. The van der Waals surface area contributed by atoms with E-state index >= 15 is 0 Å². The van der Waals surface area contributed by atoms with E-state index in [1.165, 1.54) is 77.0 Å². The molecule has 18 heavy (non-hydrogen) atoms. The molecule has 0 N–H and O–H groups in total. The molecule has 0 radical (unpaired) electrons. The van der Waals surface area contributed by atoms with Crippen LogP contribution in [0.25, 0.3) is 0 Å². The largest absolute Gasteiger partial charge is 0.0807 e. The summed E-state index contributed by atoms with van der Waals surface area (Å²) in [6.07, 6.45) is 22.5. The van der Waals surface area contributed by atoms with Gasteiger partial charge < -0.3 is 0 Å². The molecule has 100 valence electrons. The summed E-state index contributed by atoms with van der Waals surface area (Å²) in [5.74, 6) is 1.90. The van der Waals surface area contributed by atoms with E-state index in [2.05, 4.69) is 12.2 Å². The molecule has 0 aromatic rings. The van der Waals surface area contributed by atoms with Crippen LogP contribution in [-0.4, -0.2) is 0 Å². The van der Waals surface area contributed by atoms with Crippen molar-refractivity contribution in [1.82, 2.24) is 0 Å². The normalized spacial score (nSPS) is 33.8. The average molecular weight is 244 g/mol. The van der Waals surface area contributed by atoms with Crippen LogP contribution in [0, 0.1) is 11.8 Å². The summed E-state index contributed by atoms with van der Waals surface area (Å²) in [6.45, 7) is 0. The number of hydrogen-bond acceptors (Lipinski definition) is 0. The summed E-state index contributed by atoms with van der Waals surface area (Å²) in [6, 6.07) is 0. The van der Waals surface area contributed by atoms with Crippen LogP contribution in [0.4, 0.5) is 0 Å². The van der Waals surface area contributed by atoms with Gasteiger partial charge in [0.1, 0.15) is 0 Å². The van der Waals surface area contributed by atoms with Crippen LogP contribution in [-0.2, 0) is 0 Å². The molecule has 3 rings (SSSR count). The van der Waals surface area contributed by atoms with Gasteiger partial charge in [-0.2, -0.15) is 0 Å². The predicted octanol–water partition coefficient (Wildman–Crippen LogP) is 5.79. The first kappa shape index (κ1) is 12.5. The topological polar surface area (TPSA) is 0 Å². The number of rotatable bonds is 0. The van der Waals surface area contributed by atoms with Gasteiger partial charge in [-0.15, -0.1) is 0 Å². The van der Waals surface area contributed by atoms with Crippen molar-refractivity contribution >= 4 is 0 Å². The average Bonchev–Trinajstić information content (AvgIpc) is 2.53. The molecule has 0 spiro atoms. The Bertz CT molecular complexity index is 300. The third-order valence-corrected chi connectivity index (χ3v) is 5.28. The summed E-state index contributed by atoms with van der Waals surface area (Å²) in [4.78, 5) is 0. The Morgan fingerprint density at radius 3 is 1.50 bits per heavy atom. The molecule has 0 aromatic carbocycles. The van der Waals surface area contributed by atoms with E-state index in [4.69, 9.17) is 0 Å². The molecule has 3 aliphatic rings. The summed E-state index contributed by atoms with van der Waals surface area (Å²) in [7, 11) is 0. The molecule has 0 heteroatoms. The van der Waals surface area contributed by atoms with Crippen molar-refractivity contribution in [3.8, 4) is 0 Å². The highest BCUT2D eigenvalue weighted by atomic mass is 14.4. The van der Waals surface area contributed by atoms with Crippen LogP contribution in [0.1, 0.15) is 77.0 Å². The number of allylic oxidation sites excluding steroid dienone is 4. The van der Waals surface area contributed by atoms with Crippen molar-refractivity contribution in [2.75, 3.05) is 0 Å². The molecule has 3 aliphatic carbocycles. The molecule has 0 unspecified atom stereocenters. The minimum Gasteiger partial charge on any atom is -0.0807 e. The quantitative estimate of drug-likeness (QED) is 0.505. The maximum atomic E-state index is 2.61. The fourth-order valence-electron chi connectivity index (χ4n) is 4.26. The van der Waals surface area contributed by atoms with Gasteiger partial charge in [-0.3, -0.25) is 0 Å². The SMILES string of the molecule is C1=C2C3=CCCCCCC[C@H]3[C@@H]2CCCCCC1. The van der Waals surface area contributed by atoms with Gasteiger partial charge in [0.15, 0.2) is 0 Å². The molecule has 0 bridgehead atoms. The Balaban J connectivity index is 1.77. The van der Waals surface area contributed by atoms with Gasteiger partial charge >= 0.3 is 0 Å². The highest BCUT2D eigenvalue weighted by molar-refractivity contribution is 5.46. The zero-order valence-electron chi connectivity index (χ0n) is 11.8. The van der Waals surface area contributed by atoms with Gasteiger partial charge in [-0.05, 0) is 61.5 Å². The molecule has 1 fully saturated rings. The first-order chi connectivity index (χ1) is 8.97. The van der Waals surface area contributed by atoms with Crippen LogP contribution in [0.15, 0.2) is 23.3 Å². The molecular formula is C18H28. The lowest BCUT2D eigenvalue weighted by Gasteiger charge is -2.43. The van der Waals surface area contributed by atoms with Crippen molar-refractivity contribution in [3.05, 3.63) is 23.3 Å². The Morgan fingerprint density at radius 2 is 1.00 bits per heavy atom. The van der Waals surface area contributed by atoms with Crippen molar-refractivity contribution in [2.45, 2.75) is 77.0 Å². The van der Waals surface area contributed by atoms with Crippen LogP contribution in [0.3, 0.4) is 0 Å². The zero-order valence-corrected chi connectivity index (χ0v) is 11.8. The van der Waals surface area contributed by atoms with E-state index < -0.39 is 0 Å². The van der Waals surface area contributed by atoms with E-state index in [0.29, 0.717) is 0 Å². The third-order valence-electron chi connectivity index (χ3n) is 5.28. The highest BCUT2D eigenvalue weighted by Crippen LogP contribution is 2.51. The number of fused-ring (bicyclic) bond motifs is 4. The van der Waals surface area contributed by atoms with Gasteiger partial charge in [0.25, 0.3) is 0 Å². The second-order valence-electron chi connectivity index (χ2n) is 6.52. The maximum Gasteiger partial charge on any atom is -0.00935 e. The first-order valence-electron chi connectivity index (χ1n) is 8.37. The van der Waals surface area contributed by atoms with E-state index in [1.807, 2.05) is 0 Å². The Kier molecular flexibility index (Phi) is 4.23. The van der Waals surface area contributed by atoms with Crippen LogP contribution in [0.2, 0.25) is 0 Å². The Hall–Kier alpha value is -0.520. The summed E-state index contributed by atoms with van der Waals surface area (Å²) < 4.78 is 0. The van der Waals surface area contributed by atoms with E-state index in [0.717, 1.165) is 11.8 Å². The molecule has 0 aromatic heterocycles. The molecule has 0 saturated heterocycles. The Morgan fingerprint density at radius 1 is 0.556 bits per heavy atom. The number of hydrogen-bond donors (Lipinski definition) is 0. The van der Waals surface area contributed by atoms with Crippen molar-refractivity contribution in [2.24, 2.45) is 11.8 Å². The second kappa shape index (κ2) is 6.08. The smallest absolute Gasteiger partial charge is 0.00935 e. The lowest BCUT2D eigenvalue weighted by atomic mass is 9.61. The second-order valence-corrected chi connectivity index (χ2v) is 6.52. The minimum absolute atomic E-state index is 0.951.